The van der Waals surface area contributed by atoms with Crippen LogP contribution in [0.15, 0.2) is 11.8 Å². The fraction of sp³-hybridized carbons (Fsp3) is 0.867. The van der Waals surface area contributed by atoms with E-state index in [2.05, 4.69) is 28.5 Å². The molecule has 0 bridgehead atoms. The van der Waals surface area contributed by atoms with Crippen LogP contribution >= 0.6 is 0 Å². The third kappa shape index (κ3) is 3.94. The van der Waals surface area contributed by atoms with Gasteiger partial charge in [-0.2, -0.15) is 0 Å². The number of rotatable bonds is 6. The number of allylic oxidation sites excluding steroid dienone is 1. The first-order valence-electron chi connectivity index (χ1n) is 7.90. The molecule has 3 heteroatoms. The lowest BCUT2D eigenvalue weighted by Crippen LogP contribution is -2.46. The van der Waals surface area contributed by atoms with Gasteiger partial charge in [-0.25, -0.2) is 0 Å². The van der Waals surface area contributed by atoms with Gasteiger partial charge >= 0.3 is 0 Å². The van der Waals surface area contributed by atoms with Crippen molar-refractivity contribution >= 4 is 10.2 Å². The van der Waals surface area contributed by atoms with Gasteiger partial charge in [0.05, 0.1) is 6.17 Å². The van der Waals surface area contributed by atoms with Crippen LogP contribution in [-0.4, -0.2) is 52.4 Å². The van der Waals surface area contributed by atoms with Crippen LogP contribution in [0.3, 0.4) is 0 Å². The summed E-state index contributed by atoms with van der Waals surface area (Å²) in [5.41, 5.74) is 2.33. The van der Waals surface area contributed by atoms with E-state index < -0.39 is 0 Å². The van der Waals surface area contributed by atoms with Gasteiger partial charge in [-0.3, -0.25) is 9.80 Å². The first-order chi connectivity index (χ1) is 8.81. The Hall–Kier alpha value is -0.123. The van der Waals surface area contributed by atoms with Gasteiger partial charge in [-0.15, -0.1) is 5.70 Å². The third-order valence-corrected chi connectivity index (χ3v) is 4.98. The zero-order valence-corrected chi connectivity index (χ0v) is 14.3. The smallest absolute Gasteiger partial charge is 0.0625 e. The summed E-state index contributed by atoms with van der Waals surface area (Å²) in [4.78, 5) is 5.51. The average molecular weight is 267 g/mol. The second kappa shape index (κ2) is 7.46. The quantitative estimate of drug-likeness (QED) is 0.677. The first-order valence-corrected chi connectivity index (χ1v) is 9.06. The molecule has 0 N–H and O–H groups in total. The minimum atomic E-state index is 0.743. The fourth-order valence-corrected chi connectivity index (χ4v) is 3.71. The Morgan fingerprint density at radius 3 is 1.94 bits per heavy atom. The van der Waals surface area contributed by atoms with Gasteiger partial charge in [0.25, 0.3) is 0 Å². The van der Waals surface area contributed by atoms with Crippen LogP contribution in [0, 0.1) is 5.92 Å². The minimum absolute atomic E-state index is 0.743. The lowest BCUT2D eigenvalue weighted by atomic mass is 10.0. The van der Waals surface area contributed by atoms with Gasteiger partial charge in [-0.05, 0) is 70.6 Å². The summed E-state index contributed by atoms with van der Waals surface area (Å²) in [7, 11) is 1.21. The van der Waals surface area contributed by atoms with E-state index >= 15 is 0 Å². The minimum Gasteiger partial charge on any atom is -0.288 e. The van der Waals surface area contributed by atoms with Gasteiger partial charge in [0.2, 0.25) is 0 Å². The van der Waals surface area contributed by atoms with Crippen LogP contribution in [0.2, 0.25) is 0 Å². The van der Waals surface area contributed by atoms with Gasteiger partial charge in [-0.1, -0.05) is 13.0 Å². The van der Waals surface area contributed by atoms with Gasteiger partial charge < -0.3 is 0 Å². The summed E-state index contributed by atoms with van der Waals surface area (Å²) >= 11 is 0. The number of likely N-dealkylation sites (tertiary alicyclic amines) is 2. The predicted octanol–water partition coefficient (Wildman–Crippen LogP) is 1.80. The summed E-state index contributed by atoms with van der Waals surface area (Å²) in [5.74, 6) is 0.835. The molecule has 2 saturated heterocycles. The van der Waals surface area contributed by atoms with E-state index in [4.69, 9.17) is 0 Å². The number of hydrogen-bond acceptors (Lipinski definition) is 2. The summed E-state index contributed by atoms with van der Waals surface area (Å²) in [6.45, 7) is 7.78. The molecule has 0 aromatic heterocycles. The Balaban J connectivity index is 1.90. The van der Waals surface area contributed by atoms with Crippen LogP contribution in [0.5, 0.6) is 0 Å². The van der Waals surface area contributed by atoms with Crippen LogP contribution in [-0.2, 0) is 0 Å². The van der Waals surface area contributed by atoms with Crippen LogP contribution in [0.4, 0.5) is 0 Å². The van der Waals surface area contributed by atoms with E-state index in [0.717, 1.165) is 12.1 Å². The highest BCUT2D eigenvalue weighted by molar-refractivity contribution is 6.16. The summed E-state index contributed by atoms with van der Waals surface area (Å²) in [6.07, 6.45) is 11.4. The molecule has 1 unspecified atom stereocenters. The zero-order valence-electron chi connectivity index (χ0n) is 12.3. The highest BCUT2D eigenvalue weighted by Crippen LogP contribution is 2.25. The molecule has 2 aliphatic rings. The summed E-state index contributed by atoms with van der Waals surface area (Å²) < 4.78 is 0. The SMILES string of the molecule is CC(CC=C[SiH3])CC(N1CCCC1)N1CCCC1. The standard InChI is InChI=1S/C15H30N2Si/c1-14(7-6-12-18)13-15(16-8-2-3-9-16)17-10-4-5-11-17/h6,12,14-15H,2-5,7-11,13H2,1,18H3. The van der Waals surface area contributed by atoms with E-state index in [-0.39, 0.29) is 0 Å². The fourth-order valence-electron chi connectivity index (χ4n) is 3.43. The molecular formula is C15H30N2Si. The second-order valence-electron chi connectivity index (χ2n) is 6.11. The lowest BCUT2D eigenvalue weighted by molar-refractivity contribution is 0.0601. The van der Waals surface area contributed by atoms with E-state index in [9.17, 15) is 0 Å². The Morgan fingerprint density at radius 1 is 1.00 bits per heavy atom. The Labute approximate surface area is 116 Å². The van der Waals surface area contributed by atoms with Gasteiger partial charge in [0.15, 0.2) is 0 Å². The normalized spacial score (nSPS) is 24.8. The largest absolute Gasteiger partial charge is 0.288 e. The molecule has 0 aromatic rings. The Bertz CT molecular complexity index is 239. The molecule has 1 atom stereocenters. The molecule has 2 fully saturated rings. The first kappa shape index (κ1) is 14.3. The van der Waals surface area contributed by atoms with E-state index in [1.807, 2.05) is 0 Å². The molecule has 2 rings (SSSR count). The average Bonchev–Trinajstić information content (AvgIpc) is 3.05. The molecule has 0 radical (unpaired) electrons. The molecule has 0 aliphatic carbocycles. The van der Waals surface area contributed by atoms with Crippen molar-refractivity contribution in [1.29, 1.82) is 0 Å². The molecular weight excluding hydrogens is 236 g/mol. The Kier molecular flexibility index (Phi) is 5.92. The maximum absolute atomic E-state index is 2.76. The van der Waals surface area contributed by atoms with Crippen LogP contribution in [0.25, 0.3) is 0 Å². The van der Waals surface area contributed by atoms with Crippen molar-refractivity contribution in [3.63, 3.8) is 0 Å². The van der Waals surface area contributed by atoms with Crippen molar-refractivity contribution in [1.82, 2.24) is 9.80 Å². The highest BCUT2D eigenvalue weighted by Gasteiger charge is 2.29. The summed E-state index contributed by atoms with van der Waals surface area (Å²) in [5, 5.41) is 0. The van der Waals surface area contributed by atoms with Gasteiger partial charge in [0, 0.05) is 10.2 Å². The maximum atomic E-state index is 2.76. The van der Waals surface area contributed by atoms with Crippen molar-refractivity contribution in [2.24, 2.45) is 5.92 Å². The molecule has 18 heavy (non-hydrogen) atoms. The van der Waals surface area contributed by atoms with E-state index in [1.165, 1.54) is 74.9 Å². The molecule has 2 aliphatic heterocycles. The maximum Gasteiger partial charge on any atom is 0.0625 e. The third-order valence-electron chi connectivity index (χ3n) is 4.51. The lowest BCUT2D eigenvalue weighted by Gasteiger charge is -2.36. The topological polar surface area (TPSA) is 6.48 Å². The van der Waals surface area contributed by atoms with Crippen LogP contribution in [0.1, 0.15) is 45.4 Å². The molecule has 2 heterocycles. The highest BCUT2D eigenvalue weighted by atomic mass is 28.1. The molecule has 0 amide bonds. The van der Waals surface area contributed by atoms with Crippen molar-refractivity contribution in [2.75, 3.05) is 26.2 Å². The van der Waals surface area contributed by atoms with E-state index in [1.54, 1.807) is 0 Å². The molecule has 2 nitrogen and oxygen atoms in total. The molecule has 0 aromatic carbocycles. The van der Waals surface area contributed by atoms with Crippen molar-refractivity contribution < 1.29 is 0 Å². The van der Waals surface area contributed by atoms with Crippen molar-refractivity contribution in [3.8, 4) is 0 Å². The summed E-state index contributed by atoms with van der Waals surface area (Å²) in [6, 6.07) is 0. The monoisotopic (exact) mass is 266 g/mol. The Morgan fingerprint density at radius 2 is 1.50 bits per heavy atom. The van der Waals surface area contributed by atoms with Crippen molar-refractivity contribution in [2.45, 2.75) is 51.6 Å². The predicted molar refractivity (Wildman–Crippen MR) is 82.9 cm³/mol. The molecule has 104 valence electrons. The number of hydrogen-bond donors (Lipinski definition) is 0. The second-order valence-corrected chi connectivity index (χ2v) is 6.78. The molecule has 0 saturated carbocycles. The van der Waals surface area contributed by atoms with Crippen LogP contribution < -0.4 is 0 Å². The van der Waals surface area contributed by atoms with E-state index in [0.29, 0.717) is 0 Å². The number of nitrogens with zero attached hydrogens (tertiary/aromatic N) is 2. The van der Waals surface area contributed by atoms with Crippen molar-refractivity contribution in [3.05, 3.63) is 11.8 Å². The van der Waals surface area contributed by atoms with Gasteiger partial charge in [0.1, 0.15) is 0 Å². The zero-order chi connectivity index (χ0) is 12.8. The molecule has 0 spiro atoms.